The van der Waals surface area contributed by atoms with Crippen LogP contribution in [0.2, 0.25) is 0 Å². The maximum absolute atomic E-state index is 9.76. The van der Waals surface area contributed by atoms with Crippen LogP contribution in [0.1, 0.15) is 17.6 Å². The number of hydrogen-bond donors (Lipinski definition) is 2. The summed E-state index contributed by atoms with van der Waals surface area (Å²) >= 11 is 0. The van der Waals surface area contributed by atoms with Crippen molar-refractivity contribution in [2.75, 3.05) is 44.9 Å². The van der Waals surface area contributed by atoms with Crippen molar-refractivity contribution < 1.29 is 14.6 Å². The molecule has 4 aromatic heterocycles. The SMILES string of the molecule is CO[C@H](CO)c1nc(N2CCOCC2)cc(-n2nc(-c3c[nH]c4ccncc34)cc2C)n1. The molecule has 0 radical (unpaired) electrons. The van der Waals surface area contributed by atoms with Crippen molar-refractivity contribution in [3.05, 3.63) is 48.3 Å². The zero-order valence-electron chi connectivity index (χ0n) is 18.0. The zero-order chi connectivity index (χ0) is 22.1. The fraction of sp³-hybridized carbons (Fsp3) is 0.364. The first kappa shape index (κ1) is 20.6. The minimum Gasteiger partial charge on any atom is -0.393 e. The molecule has 0 saturated carbocycles. The summed E-state index contributed by atoms with van der Waals surface area (Å²) in [6.45, 7) is 4.52. The van der Waals surface area contributed by atoms with Crippen molar-refractivity contribution in [1.29, 1.82) is 0 Å². The van der Waals surface area contributed by atoms with E-state index in [1.165, 1.54) is 7.11 Å². The van der Waals surface area contributed by atoms with Crippen LogP contribution >= 0.6 is 0 Å². The van der Waals surface area contributed by atoms with E-state index < -0.39 is 6.10 Å². The topological polar surface area (TPSA) is 114 Å². The Balaban J connectivity index is 1.60. The van der Waals surface area contributed by atoms with E-state index in [1.54, 1.807) is 10.9 Å². The molecule has 0 aromatic carbocycles. The Bertz CT molecular complexity index is 1230. The molecule has 0 spiro atoms. The van der Waals surface area contributed by atoms with Crippen molar-refractivity contribution in [3.8, 4) is 17.1 Å². The normalized spacial score (nSPS) is 15.4. The second kappa shape index (κ2) is 8.65. The van der Waals surface area contributed by atoms with Gasteiger partial charge in [0.05, 0.1) is 25.5 Å². The molecule has 4 aromatic rings. The molecule has 2 N–H and O–H groups in total. The van der Waals surface area contributed by atoms with Gasteiger partial charge in [-0.1, -0.05) is 0 Å². The number of aliphatic hydroxyl groups excluding tert-OH is 1. The number of nitrogens with one attached hydrogen (secondary N) is 1. The summed E-state index contributed by atoms with van der Waals surface area (Å²) in [5.74, 6) is 1.80. The van der Waals surface area contributed by atoms with Crippen LogP contribution in [0.3, 0.4) is 0 Å². The maximum Gasteiger partial charge on any atom is 0.164 e. The molecule has 32 heavy (non-hydrogen) atoms. The number of rotatable bonds is 6. The Morgan fingerprint density at radius 1 is 1.22 bits per heavy atom. The first-order chi connectivity index (χ1) is 15.7. The van der Waals surface area contributed by atoms with Crippen molar-refractivity contribution in [3.63, 3.8) is 0 Å². The number of aliphatic hydroxyl groups is 1. The van der Waals surface area contributed by atoms with Gasteiger partial charge in [0, 0.05) is 67.0 Å². The highest BCUT2D eigenvalue weighted by molar-refractivity contribution is 5.93. The number of anilines is 1. The van der Waals surface area contributed by atoms with E-state index in [4.69, 9.17) is 14.6 Å². The van der Waals surface area contributed by atoms with Crippen LogP contribution in [-0.2, 0) is 9.47 Å². The van der Waals surface area contributed by atoms with E-state index in [0.29, 0.717) is 24.9 Å². The zero-order valence-corrected chi connectivity index (χ0v) is 18.0. The second-order valence-electron chi connectivity index (χ2n) is 7.66. The first-order valence-corrected chi connectivity index (χ1v) is 10.5. The van der Waals surface area contributed by atoms with E-state index in [-0.39, 0.29) is 6.61 Å². The summed E-state index contributed by atoms with van der Waals surface area (Å²) in [7, 11) is 1.54. The van der Waals surface area contributed by atoms with Gasteiger partial charge in [-0.05, 0) is 19.1 Å². The fourth-order valence-corrected chi connectivity index (χ4v) is 3.92. The lowest BCUT2D eigenvalue weighted by atomic mass is 10.1. The molecular formula is C22H25N7O3. The number of morpholine rings is 1. The number of H-pyrrole nitrogens is 1. The largest absolute Gasteiger partial charge is 0.393 e. The lowest BCUT2D eigenvalue weighted by Crippen LogP contribution is -2.37. The number of ether oxygens (including phenoxy) is 2. The monoisotopic (exact) mass is 435 g/mol. The van der Waals surface area contributed by atoms with Crippen molar-refractivity contribution >= 4 is 16.7 Å². The van der Waals surface area contributed by atoms with Crippen LogP contribution in [0, 0.1) is 6.92 Å². The molecule has 166 valence electrons. The van der Waals surface area contributed by atoms with E-state index in [1.807, 2.05) is 37.5 Å². The summed E-state index contributed by atoms with van der Waals surface area (Å²) in [4.78, 5) is 19.0. The van der Waals surface area contributed by atoms with Gasteiger partial charge in [0.1, 0.15) is 11.9 Å². The molecule has 5 rings (SSSR count). The lowest BCUT2D eigenvalue weighted by Gasteiger charge is -2.28. The number of aromatic amines is 1. The highest BCUT2D eigenvalue weighted by atomic mass is 16.5. The molecule has 1 aliphatic rings. The molecule has 1 saturated heterocycles. The summed E-state index contributed by atoms with van der Waals surface area (Å²) < 4.78 is 12.7. The van der Waals surface area contributed by atoms with Gasteiger partial charge in [0.15, 0.2) is 11.6 Å². The maximum atomic E-state index is 9.76. The van der Waals surface area contributed by atoms with Gasteiger partial charge in [0.2, 0.25) is 0 Å². The fourth-order valence-electron chi connectivity index (χ4n) is 3.92. The van der Waals surface area contributed by atoms with Gasteiger partial charge in [-0.25, -0.2) is 14.6 Å². The Labute approximate surface area is 184 Å². The predicted molar refractivity (Wildman–Crippen MR) is 119 cm³/mol. The van der Waals surface area contributed by atoms with Gasteiger partial charge in [-0.2, -0.15) is 5.10 Å². The molecule has 0 amide bonds. The number of fused-ring (bicyclic) bond motifs is 1. The Morgan fingerprint density at radius 3 is 2.81 bits per heavy atom. The predicted octanol–water partition coefficient (Wildman–Crippen LogP) is 2.03. The molecule has 1 aliphatic heterocycles. The minimum absolute atomic E-state index is 0.214. The minimum atomic E-state index is -0.621. The number of aryl methyl sites for hydroxylation is 1. The van der Waals surface area contributed by atoms with Crippen molar-refractivity contribution in [1.82, 2.24) is 29.7 Å². The molecule has 0 unspecified atom stereocenters. The average molecular weight is 435 g/mol. The van der Waals surface area contributed by atoms with Gasteiger partial charge in [0.25, 0.3) is 0 Å². The molecule has 1 atom stereocenters. The summed E-state index contributed by atoms with van der Waals surface area (Å²) in [5.41, 5.74) is 3.73. The van der Waals surface area contributed by atoms with Crippen LogP contribution in [0.4, 0.5) is 5.82 Å². The molecule has 1 fully saturated rings. The van der Waals surface area contributed by atoms with E-state index in [2.05, 4.69) is 24.8 Å². The van der Waals surface area contributed by atoms with Gasteiger partial charge in [-0.15, -0.1) is 0 Å². The third kappa shape index (κ3) is 3.72. The summed E-state index contributed by atoms with van der Waals surface area (Å²) in [5, 5.41) is 15.6. The van der Waals surface area contributed by atoms with Crippen LogP contribution in [0.5, 0.6) is 0 Å². The molecule has 10 nitrogen and oxygen atoms in total. The lowest BCUT2D eigenvalue weighted by molar-refractivity contribution is 0.0422. The molecular weight excluding hydrogens is 410 g/mol. The summed E-state index contributed by atoms with van der Waals surface area (Å²) in [6.07, 6.45) is 4.91. The van der Waals surface area contributed by atoms with Crippen LogP contribution in [0.25, 0.3) is 28.0 Å². The van der Waals surface area contributed by atoms with E-state index in [9.17, 15) is 5.11 Å². The van der Waals surface area contributed by atoms with E-state index in [0.717, 1.165) is 46.8 Å². The van der Waals surface area contributed by atoms with E-state index >= 15 is 0 Å². The number of nitrogens with zero attached hydrogens (tertiary/aromatic N) is 6. The standard InChI is InChI=1S/C22H25N7O3/c1-14-9-18(16-12-24-17-3-4-23-11-15(16)17)27-29(14)21-10-20(28-5-7-32-8-6-28)25-22(26-21)19(13-30)31-2/h3-4,9-12,19,24,30H,5-8,13H2,1-2H3/t19-/m1/s1. The summed E-state index contributed by atoms with van der Waals surface area (Å²) in [6, 6.07) is 5.87. The van der Waals surface area contributed by atoms with Crippen LogP contribution in [0.15, 0.2) is 36.8 Å². The number of aromatic nitrogens is 6. The quantitative estimate of drug-likeness (QED) is 0.473. The Kier molecular flexibility index (Phi) is 5.56. The first-order valence-electron chi connectivity index (χ1n) is 10.5. The third-order valence-corrected chi connectivity index (χ3v) is 5.65. The number of pyridine rings is 1. The third-order valence-electron chi connectivity index (χ3n) is 5.65. The van der Waals surface area contributed by atoms with Gasteiger partial charge >= 0.3 is 0 Å². The molecule has 0 bridgehead atoms. The second-order valence-corrected chi connectivity index (χ2v) is 7.66. The van der Waals surface area contributed by atoms with Crippen molar-refractivity contribution in [2.24, 2.45) is 0 Å². The number of hydrogen-bond acceptors (Lipinski definition) is 8. The molecule has 10 heteroatoms. The van der Waals surface area contributed by atoms with Gasteiger partial charge in [-0.3, -0.25) is 4.98 Å². The number of methoxy groups -OCH3 is 1. The smallest absolute Gasteiger partial charge is 0.164 e. The van der Waals surface area contributed by atoms with Crippen molar-refractivity contribution in [2.45, 2.75) is 13.0 Å². The Hall–Kier alpha value is -3.34. The Morgan fingerprint density at radius 2 is 2.03 bits per heavy atom. The highest BCUT2D eigenvalue weighted by Crippen LogP contribution is 2.29. The highest BCUT2D eigenvalue weighted by Gasteiger charge is 2.21. The molecule has 0 aliphatic carbocycles. The molecule has 5 heterocycles. The average Bonchev–Trinajstić information content (AvgIpc) is 3.44. The van der Waals surface area contributed by atoms with Crippen LogP contribution < -0.4 is 4.90 Å². The van der Waals surface area contributed by atoms with Gasteiger partial charge < -0.3 is 24.5 Å². The van der Waals surface area contributed by atoms with Crippen LogP contribution in [-0.4, -0.2) is 74.8 Å².